The molecule has 3 aromatic rings. The second-order valence-corrected chi connectivity index (χ2v) is 9.69. The van der Waals surface area contributed by atoms with Gasteiger partial charge in [0, 0.05) is 42.3 Å². The number of para-hydroxylation sites is 2. The van der Waals surface area contributed by atoms with Gasteiger partial charge < -0.3 is 36.3 Å². The fraction of sp³-hybridized carbons (Fsp3) is 0.333. The molecule has 1 N–H and O–H groups in total. The van der Waals surface area contributed by atoms with Crippen molar-refractivity contribution in [2.45, 2.75) is 24.9 Å². The maximum absolute atomic E-state index is 13.7. The molecular formula is C27H27BrN4O4. The summed E-state index contributed by atoms with van der Waals surface area (Å²) in [6.45, 7) is 2.81. The molecule has 1 atom stereocenters. The molecule has 5 heterocycles. The Labute approximate surface area is 220 Å². The number of esters is 1. The zero-order valence-corrected chi connectivity index (χ0v) is 21.3. The molecule has 2 aromatic carbocycles. The highest BCUT2D eigenvalue weighted by molar-refractivity contribution is 5.90. The number of piperidine rings is 3. The van der Waals surface area contributed by atoms with Gasteiger partial charge in [0.15, 0.2) is 18.5 Å². The van der Waals surface area contributed by atoms with Gasteiger partial charge in [0.1, 0.15) is 24.0 Å². The summed E-state index contributed by atoms with van der Waals surface area (Å²) in [7, 11) is 0. The first kappa shape index (κ1) is 24.4. The first-order chi connectivity index (χ1) is 17.1. The molecule has 1 aromatic heterocycles. The number of nitrogens with one attached hydrogen (secondary N) is 1. The van der Waals surface area contributed by atoms with Crippen molar-refractivity contribution in [3.05, 3.63) is 78.2 Å². The molecule has 0 unspecified atom stereocenters. The van der Waals surface area contributed by atoms with E-state index in [9.17, 15) is 9.59 Å². The number of rotatable bonds is 5. The Morgan fingerprint density at radius 3 is 2.31 bits per heavy atom. The minimum Gasteiger partial charge on any atom is -1.00 e. The van der Waals surface area contributed by atoms with E-state index in [1.54, 1.807) is 12.4 Å². The molecule has 0 spiro atoms. The van der Waals surface area contributed by atoms with Crippen molar-refractivity contribution >= 4 is 17.7 Å². The summed E-state index contributed by atoms with van der Waals surface area (Å²) >= 11 is 0. The van der Waals surface area contributed by atoms with Crippen molar-refractivity contribution in [1.29, 1.82) is 0 Å². The predicted molar refractivity (Wildman–Crippen MR) is 128 cm³/mol. The van der Waals surface area contributed by atoms with E-state index in [4.69, 9.17) is 9.47 Å². The van der Waals surface area contributed by atoms with Gasteiger partial charge in [-0.1, -0.05) is 36.4 Å². The number of hydrogen-bond donors (Lipinski definition) is 1. The lowest BCUT2D eigenvalue weighted by molar-refractivity contribution is -0.938. The van der Waals surface area contributed by atoms with Crippen LogP contribution in [0.4, 0.5) is 5.82 Å². The van der Waals surface area contributed by atoms with Gasteiger partial charge in [-0.05, 0) is 12.1 Å². The number of ether oxygens (including phenoxy) is 2. The minimum absolute atomic E-state index is 0. The molecule has 0 saturated carbocycles. The maximum Gasteiger partial charge on any atom is 0.318 e. The third-order valence-corrected chi connectivity index (χ3v) is 7.53. The van der Waals surface area contributed by atoms with Crippen molar-refractivity contribution in [3.63, 3.8) is 0 Å². The van der Waals surface area contributed by atoms with Gasteiger partial charge in [-0.15, -0.1) is 0 Å². The van der Waals surface area contributed by atoms with Crippen molar-refractivity contribution in [1.82, 2.24) is 9.97 Å². The van der Waals surface area contributed by atoms with E-state index < -0.39 is 5.92 Å². The van der Waals surface area contributed by atoms with Crippen LogP contribution in [0.1, 0.15) is 29.9 Å². The lowest BCUT2D eigenvalue weighted by Crippen LogP contribution is -3.00. The Bertz CT molecular complexity index is 1220. The van der Waals surface area contributed by atoms with Crippen LogP contribution in [-0.4, -0.2) is 58.6 Å². The van der Waals surface area contributed by atoms with Crippen LogP contribution in [-0.2, 0) is 14.3 Å². The van der Waals surface area contributed by atoms with Gasteiger partial charge >= 0.3 is 5.97 Å². The molecule has 0 aliphatic carbocycles. The first-order valence-corrected chi connectivity index (χ1v) is 12.1. The van der Waals surface area contributed by atoms with E-state index in [-0.39, 0.29) is 35.0 Å². The fourth-order valence-corrected chi connectivity index (χ4v) is 5.81. The summed E-state index contributed by atoms with van der Waals surface area (Å²) in [6.07, 6.45) is 6.33. The molecule has 7 rings (SSSR count). The zero-order valence-electron chi connectivity index (χ0n) is 19.7. The summed E-state index contributed by atoms with van der Waals surface area (Å²) in [4.78, 5) is 34.6. The Balaban J connectivity index is 0.00000267. The third-order valence-electron chi connectivity index (χ3n) is 7.53. The number of halogens is 1. The van der Waals surface area contributed by atoms with Crippen LogP contribution in [0.15, 0.2) is 67.1 Å². The van der Waals surface area contributed by atoms with Gasteiger partial charge in [-0.25, -0.2) is 4.98 Å². The summed E-state index contributed by atoms with van der Waals surface area (Å²) in [5.74, 6) is 1.27. The Kier molecular flexibility index (Phi) is 6.77. The molecule has 2 bridgehead atoms. The van der Waals surface area contributed by atoms with Crippen molar-refractivity contribution < 1.29 is 40.5 Å². The number of benzene rings is 2. The minimum atomic E-state index is -0.528. The average molecular weight is 551 g/mol. The van der Waals surface area contributed by atoms with Crippen LogP contribution in [0, 0.1) is 5.92 Å². The Hall–Kier alpha value is -3.30. The Morgan fingerprint density at radius 2 is 1.67 bits per heavy atom. The molecule has 9 heteroatoms. The van der Waals surface area contributed by atoms with E-state index >= 15 is 0 Å². The van der Waals surface area contributed by atoms with Gasteiger partial charge in [-0.2, -0.15) is 0 Å². The molecule has 3 fully saturated rings. The molecule has 0 radical (unpaired) electrons. The number of aromatic nitrogens is 2. The van der Waals surface area contributed by atoms with Gasteiger partial charge in [0.05, 0.1) is 19.3 Å². The molecule has 4 aliphatic heterocycles. The van der Waals surface area contributed by atoms with Crippen molar-refractivity contribution in [2.24, 2.45) is 5.92 Å². The predicted octanol–water partition coefficient (Wildman–Crippen LogP) is 0.509. The van der Waals surface area contributed by atoms with E-state index in [1.807, 2.05) is 48.5 Å². The number of amides is 1. The molecular weight excluding hydrogens is 524 g/mol. The fourth-order valence-electron chi connectivity index (χ4n) is 5.81. The average Bonchev–Trinajstić information content (AvgIpc) is 2.88. The number of fused-ring (bicyclic) bond motifs is 5. The topological polar surface area (TPSA) is 90.4 Å². The molecule has 1 amide bonds. The SMILES string of the molecule is O=C(C[N+]12CCC(CC1)[C@@H](OC(=O)C1c3ccccc3Oc3ccccc31)C2)Nc1cnccn1.[Br-]. The van der Waals surface area contributed by atoms with Crippen LogP contribution in [0.2, 0.25) is 0 Å². The lowest BCUT2D eigenvalue weighted by atomic mass is 9.82. The van der Waals surface area contributed by atoms with Crippen molar-refractivity contribution in [3.8, 4) is 11.5 Å². The normalized spacial score (nSPS) is 23.9. The summed E-state index contributed by atoms with van der Waals surface area (Å²) in [5.41, 5.74) is 1.65. The third kappa shape index (κ3) is 4.60. The summed E-state index contributed by atoms with van der Waals surface area (Å²) < 4.78 is 12.9. The number of carbonyl (C=O) groups excluding carboxylic acids is 2. The molecule has 186 valence electrons. The van der Waals surface area contributed by atoms with Gasteiger partial charge in [0.25, 0.3) is 5.91 Å². The monoisotopic (exact) mass is 550 g/mol. The van der Waals surface area contributed by atoms with E-state index in [0.29, 0.717) is 40.8 Å². The zero-order chi connectivity index (χ0) is 23.8. The lowest BCUT2D eigenvalue weighted by Gasteiger charge is -2.51. The first-order valence-electron chi connectivity index (χ1n) is 12.1. The van der Waals surface area contributed by atoms with Crippen molar-refractivity contribution in [2.75, 3.05) is 31.5 Å². The second kappa shape index (κ2) is 9.99. The Morgan fingerprint density at radius 1 is 1.00 bits per heavy atom. The number of quaternary nitrogens is 1. The molecule has 36 heavy (non-hydrogen) atoms. The second-order valence-electron chi connectivity index (χ2n) is 9.69. The molecule has 3 saturated heterocycles. The van der Waals surface area contributed by atoms with E-state index in [1.165, 1.54) is 6.20 Å². The largest absolute Gasteiger partial charge is 1.00 e. The number of carbonyl (C=O) groups is 2. The van der Waals surface area contributed by atoms with Crippen LogP contribution < -0.4 is 27.0 Å². The van der Waals surface area contributed by atoms with E-state index in [0.717, 1.165) is 37.1 Å². The van der Waals surface area contributed by atoms with Crippen LogP contribution in [0.5, 0.6) is 11.5 Å². The maximum atomic E-state index is 13.7. The molecule has 8 nitrogen and oxygen atoms in total. The van der Waals surface area contributed by atoms with Crippen LogP contribution in [0.25, 0.3) is 0 Å². The molecule has 4 aliphatic rings. The smallest absolute Gasteiger partial charge is 0.318 e. The summed E-state index contributed by atoms with van der Waals surface area (Å²) in [5, 5.41) is 2.85. The van der Waals surface area contributed by atoms with Crippen LogP contribution in [0.3, 0.4) is 0 Å². The highest BCUT2D eigenvalue weighted by Gasteiger charge is 2.49. The van der Waals surface area contributed by atoms with E-state index in [2.05, 4.69) is 15.3 Å². The number of anilines is 1. The number of nitrogens with zero attached hydrogens (tertiary/aromatic N) is 3. The van der Waals surface area contributed by atoms with Gasteiger partial charge in [-0.3, -0.25) is 14.6 Å². The highest BCUT2D eigenvalue weighted by atomic mass is 79.9. The quantitative estimate of drug-likeness (QED) is 0.367. The highest BCUT2D eigenvalue weighted by Crippen LogP contribution is 2.45. The number of hydrogen-bond acceptors (Lipinski definition) is 6. The summed E-state index contributed by atoms with van der Waals surface area (Å²) in [6, 6.07) is 15.3. The van der Waals surface area contributed by atoms with Gasteiger partial charge in [0.2, 0.25) is 0 Å². The van der Waals surface area contributed by atoms with Crippen LogP contribution >= 0.6 is 0 Å². The standard InChI is InChI=1S/C27H26N4O4.BrH/c32-25(30-24-15-28-11-12-29-24)17-31-13-9-18(10-14-31)23(16-31)35-27(33)26-19-5-1-3-7-21(19)34-22-8-4-2-6-20(22)26;/h1-8,11-12,15,18,23,26H,9-10,13-14,16-17H2;1H/t18?,23-,31?;/m0./s1.